The maximum Gasteiger partial charge on any atom is 0.0541 e. The van der Waals surface area contributed by atoms with Crippen LogP contribution < -0.4 is 0 Å². The maximum absolute atomic E-state index is 4.28. The number of nitrogens with zero attached hydrogens (tertiary/aromatic N) is 3. The molecule has 10 aromatic rings. The molecule has 7 aromatic carbocycles. The number of pyridine rings is 1. The van der Waals surface area contributed by atoms with Crippen LogP contribution in [0.1, 0.15) is 23.7 Å². The van der Waals surface area contributed by atoms with Gasteiger partial charge in [0.2, 0.25) is 0 Å². The van der Waals surface area contributed by atoms with E-state index in [-0.39, 0.29) is 5.41 Å². The van der Waals surface area contributed by atoms with E-state index in [1.54, 1.807) is 0 Å². The molecule has 0 aliphatic heterocycles. The zero-order valence-corrected chi connectivity index (χ0v) is 28.2. The van der Waals surface area contributed by atoms with Gasteiger partial charge in [-0.15, -0.1) is 0 Å². The molecule has 0 bridgehead atoms. The van der Waals surface area contributed by atoms with Crippen LogP contribution in [0.3, 0.4) is 0 Å². The van der Waals surface area contributed by atoms with E-state index >= 15 is 0 Å². The molecule has 0 amide bonds. The fraction of sp³-hybridized carbons (Fsp3) is 0.0625. The number of allylic oxidation sites excluding steroid dienone is 1. The summed E-state index contributed by atoms with van der Waals surface area (Å²) in [6.07, 6.45) is 9.44. The van der Waals surface area contributed by atoms with Crippen LogP contribution in [0.2, 0.25) is 0 Å². The molecule has 240 valence electrons. The van der Waals surface area contributed by atoms with Gasteiger partial charge in [0.1, 0.15) is 0 Å². The molecule has 3 heterocycles. The molecule has 1 unspecified atom stereocenters. The molecular formula is C48H33N3. The largest absolute Gasteiger partial charge is 0.309 e. The standard InChI is InChI=1S/C48H33N3/c1-48(25-22-47-43(30-48)40-15-7-9-17-45(40)50(47)32-23-26-49-27-24-32)31-18-21-46-42(28-31)39-14-6-8-16-44(39)51(46)33-19-20-38-36-12-3-2-10-34(36)35-11-4-5-13-37(35)41(38)29-33/h2-29H,30H2,1H3. The van der Waals surface area contributed by atoms with Crippen LogP contribution in [0.4, 0.5) is 0 Å². The predicted molar refractivity (Wildman–Crippen MR) is 214 cm³/mol. The van der Waals surface area contributed by atoms with Crippen LogP contribution in [0.5, 0.6) is 0 Å². The molecule has 0 spiro atoms. The highest BCUT2D eigenvalue weighted by atomic mass is 15.0. The Morgan fingerprint density at radius 1 is 0.471 bits per heavy atom. The number of fused-ring (bicyclic) bond motifs is 12. The van der Waals surface area contributed by atoms with Crippen molar-refractivity contribution in [1.82, 2.24) is 14.1 Å². The Labute approximate surface area is 295 Å². The lowest BCUT2D eigenvalue weighted by Gasteiger charge is -2.30. The minimum absolute atomic E-state index is 0.166. The van der Waals surface area contributed by atoms with E-state index in [0.29, 0.717) is 0 Å². The molecule has 51 heavy (non-hydrogen) atoms. The molecule has 0 N–H and O–H groups in total. The summed E-state index contributed by atoms with van der Waals surface area (Å²) in [5.41, 5.74) is 9.82. The molecule has 3 heteroatoms. The molecule has 0 saturated heterocycles. The SMILES string of the molecule is CC1(c2ccc3c(c2)c2ccccc2n3-c2ccc3c4ccccc4c4ccccc4c3c2)C=Cc2c(c3ccccc3n2-c2ccncc2)C1. The Kier molecular flexibility index (Phi) is 5.86. The number of para-hydroxylation sites is 2. The third kappa shape index (κ3) is 4.03. The smallest absolute Gasteiger partial charge is 0.0541 e. The van der Waals surface area contributed by atoms with Crippen molar-refractivity contribution in [3.63, 3.8) is 0 Å². The van der Waals surface area contributed by atoms with Gasteiger partial charge in [-0.1, -0.05) is 110 Å². The van der Waals surface area contributed by atoms with Gasteiger partial charge in [-0.05, 0) is 104 Å². The minimum Gasteiger partial charge on any atom is -0.309 e. The third-order valence-corrected chi connectivity index (χ3v) is 11.4. The summed E-state index contributed by atoms with van der Waals surface area (Å²) in [5.74, 6) is 0. The van der Waals surface area contributed by atoms with Gasteiger partial charge in [-0.25, -0.2) is 0 Å². The second kappa shape index (κ2) is 10.5. The Hall–Kier alpha value is -6.45. The molecule has 3 aromatic heterocycles. The van der Waals surface area contributed by atoms with Crippen LogP contribution in [0.25, 0.3) is 82.5 Å². The topological polar surface area (TPSA) is 22.8 Å². The normalized spacial score (nSPS) is 15.9. The fourth-order valence-electron chi connectivity index (χ4n) is 8.99. The number of hydrogen-bond acceptors (Lipinski definition) is 1. The second-order valence-corrected chi connectivity index (χ2v) is 14.3. The number of benzene rings is 7. The Morgan fingerprint density at radius 2 is 1.04 bits per heavy atom. The average molecular weight is 652 g/mol. The van der Waals surface area contributed by atoms with Gasteiger partial charge in [-0.3, -0.25) is 4.98 Å². The van der Waals surface area contributed by atoms with E-state index in [9.17, 15) is 0 Å². The first-order valence-corrected chi connectivity index (χ1v) is 17.8. The summed E-state index contributed by atoms with van der Waals surface area (Å²) in [6, 6.07) is 53.7. The quantitative estimate of drug-likeness (QED) is 0.174. The van der Waals surface area contributed by atoms with Gasteiger partial charge < -0.3 is 9.13 Å². The minimum atomic E-state index is -0.166. The summed E-state index contributed by atoms with van der Waals surface area (Å²) in [5, 5.41) is 11.6. The van der Waals surface area contributed by atoms with Gasteiger partial charge in [0.25, 0.3) is 0 Å². The zero-order valence-electron chi connectivity index (χ0n) is 28.2. The molecule has 3 nitrogen and oxygen atoms in total. The molecule has 1 aliphatic carbocycles. The Morgan fingerprint density at radius 3 is 1.75 bits per heavy atom. The highest BCUT2D eigenvalue weighted by molar-refractivity contribution is 6.25. The van der Waals surface area contributed by atoms with E-state index in [1.165, 1.54) is 87.5 Å². The van der Waals surface area contributed by atoms with E-state index in [1.807, 2.05) is 12.4 Å². The summed E-state index contributed by atoms with van der Waals surface area (Å²) in [7, 11) is 0. The fourth-order valence-corrected chi connectivity index (χ4v) is 8.99. The van der Waals surface area contributed by atoms with Crippen molar-refractivity contribution in [3.8, 4) is 11.4 Å². The van der Waals surface area contributed by atoms with E-state index in [2.05, 4.69) is 179 Å². The molecule has 0 radical (unpaired) electrons. The highest BCUT2D eigenvalue weighted by Gasteiger charge is 2.32. The molecule has 0 saturated carbocycles. The maximum atomic E-state index is 4.28. The molecule has 0 fully saturated rings. The first kappa shape index (κ1) is 28.4. The second-order valence-electron chi connectivity index (χ2n) is 14.3. The number of rotatable bonds is 3. The van der Waals surface area contributed by atoms with Gasteiger partial charge in [0, 0.05) is 51.0 Å². The van der Waals surface area contributed by atoms with Gasteiger partial charge in [-0.2, -0.15) is 0 Å². The molecule has 1 atom stereocenters. The van der Waals surface area contributed by atoms with Crippen LogP contribution in [0.15, 0.2) is 164 Å². The summed E-state index contributed by atoms with van der Waals surface area (Å²) in [6.45, 7) is 2.39. The van der Waals surface area contributed by atoms with Crippen LogP contribution in [-0.2, 0) is 11.8 Å². The predicted octanol–water partition coefficient (Wildman–Crippen LogP) is 12.1. The van der Waals surface area contributed by atoms with Crippen molar-refractivity contribution < 1.29 is 0 Å². The van der Waals surface area contributed by atoms with Crippen molar-refractivity contribution in [2.75, 3.05) is 0 Å². The lowest BCUT2D eigenvalue weighted by molar-refractivity contribution is 0.589. The van der Waals surface area contributed by atoms with Crippen molar-refractivity contribution in [1.29, 1.82) is 0 Å². The third-order valence-electron chi connectivity index (χ3n) is 11.4. The van der Waals surface area contributed by atoms with Gasteiger partial charge in [0.05, 0.1) is 16.6 Å². The first-order chi connectivity index (χ1) is 25.2. The van der Waals surface area contributed by atoms with Crippen LogP contribution >= 0.6 is 0 Å². The van der Waals surface area contributed by atoms with E-state index < -0.39 is 0 Å². The van der Waals surface area contributed by atoms with Gasteiger partial charge >= 0.3 is 0 Å². The summed E-state index contributed by atoms with van der Waals surface area (Å²) >= 11 is 0. The van der Waals surface area contributed by atoms with Crippen molar-refractivity contribution in [2.45, 2.75) is 18.8 Å². The number of hydrogen-bond donors (Lipinski definition) is 0. The van der Waals surface area contributed by atoms with E-state index in [0.717, 1.165) is 12.1 Å². The Balaban J connectivity index is 1.09. The lowest BCUT2D eigenvalue weighted by Crippen LogP contribution is -2.25. The summed E-state index contributed by atoms with van der Waals surface area (Å²) in [4.78, 5) is 4.28. The summed E-state index contributed by atoms with van der Waals surface area (Å²) < 4.78 is 4.84. The van der Waals surface area contributed by atoms with Crippen LogP contribution in [-0.4, -0.2) is 14.1 Å². The number of aromatic nitrogens is 3. The Bertz CT molecular complexity index is 3030. The molecule has 11 rings (SSSR count). The zero-order chi connectivity index (χ0) is 33.7. The first-order valence-electron chi connectivity index (χ1n) is 17.8. The molecular weight excluding hydrogens is 619 g/mol. The van der Waals surface area contributed by atoms with E-state index in [4.69, 9.17) is 0 Å². The van der Waals surface area contributed by atoms with Crippen molar-refractivity contribution in [3.05, 3.63) is 181 Å². The van der Waals surface area contributed by atoms with Crippen molar-refractivity contribution >= 4 is 71.1 Å². The highest BCUT2D eigenvalue weighted by Crippen LogP contribution is 2.44. The van der Waals surface area contributed by atoms with Crippen molar-refractivity contribution in [2.24, 2.45) is 0 Å². The lowest BCUT2D eigenvalue weighted by atomic mass is 9.73. The monoisotopic (exact) mass is 651 g/mol. The molecule has 1 aliphatic rings. The van der Waals surface area contributed by atoms with Gasteiger partial charge in [0.15, 0.2) is 0 Å². The van der Waals surface area contributed by atoms with Crippen LogP contribution in [0, 0.1) is 0 Å². The average Bonchev–Trinajstić information content (AvgIpc) is 3.70.